The zero-order valence-corrected chi connectivity index (χ0v) is 26.7. The summed E-state index contributed by atoms with van der Waals surface area (Å²) in [7, 11) is -0.973. The highest BCUT2D eigenvalue weighted by Crippen LogP contribution is 2.57. The molecule has 0 amide bonds. The largest absolute Gasteiger partial charge is 0.0619 e. The van der Waals surface area contributed by atoms with E-state index in [9.17, 15) is 0 Å². The quantitative estimate of drug-likeness (QED) is 0.169. The van der Waals surface area contributed by atoms with Gasteiger partial charge < -0.3 is 0 Å². The van der Waals surface area contributed by atoms with Crippen LogP contribution in [0.1, 0.15) is 75.6 Å². The first-order chi connectivity index (χ1) is 19.7. The Labute approximate surface area is 246 Å². The molecule has 0 aliphatic heterocycles. The molecule has 0 saturated heterocycles. The molecule has 2 atom stereocenters. The van der Waals surface area contributed by atoms with Gasteiger partial charge in [0.1, 0.15) is 0 Å². The van der Waals surface area contributed by atoms with E-state index in [-0.39, 0.29) is 0 Å². The molecule has 0 spiro atoms. The lowest BCUT2D eigenvalue weighted by atomic mass is 9.99. The maximum Gasteiger partial charge on any atom is -0.00549 e. The van der Waals surface area contributed by atoms with E-state index in [4.69, 9.17) is 0 Å². The molecule has 0 radical (unpaired) electrons. The molecule has 5 rings (SSSR count). The lowest BCUT2D eigenvalue weighted by Crippen LogP contribution is -2.39. The second-order valence-electron chi connectivity index (χ2n) is 11.1. The van der Waals surface area contributed by atoms with E-state index >= 15 is 0 Å². The van der Waals surface area contributed by atoms with Gasteiger partial charge in [0.15, 0.2) is 0 Å². The van der Waals surface area contributed by atoms with Crippen molar-refractivity contribution >= 4 is 37.1 Å². The van der Waals surface area contributed by atoms with Crippen molar-refractivity contribution in [1.29, 1.82) is 0 Å². The topological polar surface area (TPSA) is 0 Å². The second kappa shape index (κ2) is 14.1. The molecule has 4 aromatic rings. The van der Waals surface area contributed by atoms with Crippen molar-refractivity contribution in [3.63, 3.8) is 0 Å². The summed E-state index contributed by atoms with van der Waals surface area (Å²) < 4.78 is 0. The van der Waals surface area contributed by atoms with Gasteiger partial charge in [0.25, 0.3) is 0 Å². The summed E-state index contributed by atoms with van der Waals surface area (Å²) in [6, 6.07) is 37.8. The third-order valence-corrected chi connectivity index (χ3v) is 15.5. The van der Waals surface area contributed by atoms with Gasteiger partial charge in [-0.25, -0.2) is 0 Å². The Morgan fingerprint density at radius 2 is 0.675 bits per heavy atom. The number of aryl methyl sites for hydroxylation is 4. The highest BCUT2D eigenvalue weighted by molar-refractivity contribution is 7.77. The van der Waals surface area contributed by atoms with E-state index in [0.717, 1.165) is 25.7 Å². The minimum atomic E-state index is -0.486. The van der Waals surface area contributed by atoms with Gasteiger partial charge in [-0.1, -0.05) is 138 Å². The lowest BCUT2D eigenvalue weighted by molar-refractivity contribution is 0.521. The molecule has 1 aliphatic rings. The first kappa shape index (κ1) is 29.2. The Balaban J connectivity index is 1.75. The Morgan fingerprint density at radius 1 is 0.425 bits per heavy atom. The van der Waals surface area contributed by atoms with Gasteiger partial charge in [-0.05, 0) is 109 Å². The number of benzene rings is 4. The summed E-state index contributed by atoms with van der Waals surface area (Å²) in [4.78, 5) is 0. The fraction of sp³-hybridized carbons (Fsp3) is 0.368. The number of rotatable bonds is 10. The predicted octanol–water partition coefficient (Wildman–Crippen LogP) is 8.81. The van der Waals surface area contributed by atoms with E-state index in [1.54, 1.807) is 43.5 Å². The average Bonchev–Trinajstić information content (AvgIpc) is 3.03. The molecule has 208 valence electrons. The van der Waals surface area contributed by atoms with Crippen LogP contribution in [0.4, 0.5) is 0 Å². The Bertz CT molecular complexity index is 1190. The van der Waals surface area contributed by atoms with Gasteiger partial charge in [-0.2, -0.15) is 0 Å². The average molecular weight is 565 g/mol. The maximum atomic E-state index is 2.49. The van der Waals surface area contributed by atoms with Crippen LogP contribution >= 0.6 is 15.8 Å². The first-order valence-corrected chi connectivity index (χ1v) is 18.4. The number of hydrogen-bond donors (Lipinski definition) is 0. The monoisotopic (exact) mass is 564 g/mol. The van der Waals surface area contributed by atoms with Crippen molar-refractivity contribution in [2.24, 2.45) is 0 Å². The van der Waals surface area contributed by atoms with Gasteiger partial charge in [-0.3, -0.25) is 0 Å². The molecular formula is C38H46P2. The summed E-state index contributed by atoms with van der Waals surface area (Å²) in [5.41, 5.74) is 7.58. The molecule has 0 bridgehead atoms. The smallest absolute Gasteiger partial charge is 0.00549 e. The van der Waals surface area contributed by atoms with Crippen LogP contribution in [0.15, 0.2) is 97.1 Å². The maximum absolute atomic E-state index is 2.49. The van der Waals surface area contributed by atoms with Crippen LogP contribution in [-0.2, 0) is 25.7 Å². The normalized spacial score (nSPS) is 17.4. The summed E-state index contributed by atoms with van der Waals surface area (Å²) in [5.74, 6) is 0. The second-order valence-corrected chi connectivity index (χ2v) is 15.8. The highest BCUT2D eigenvalue weighted by Gasteiger charge is 2.40. The van der Waals surface area contributed by atoms with Crippen molar-refractivity contribution in [3.8, 4) is 0 Å². The standard InChI is InChI=1S/C38H46P2/c1-5-29-19-9-13-23-33(29)39(34-24-14-10-20-30(34)6-2)37-27-17-18-28-38(37)40(35-25-15-11-21-31(35)7-3)36-26-16-12-22-32(36)8-4/h9-16,19-26,37-38H,5-8,17-18,27-28H2,1-4H3. The Morgan fingerprint density at radius 3 is 0.925 bits per heavy atom. The van der Waals surface area contributed by atoms with Crippen molar-refractivity contribution in [2.45, 2.75) is 90.4 Å². The molecular weight excluding hydrogens is 518 g/mol. The van der Waals surface area contributed by atoms with Gasteiger partial charge in [0, 0.05) is 0 Å². The predicted molar refractivity (Wildman–Crippen MR) is 182 cm³/mol. The molecule has 0 N–H and O–H groups in total. The molecule has 0 nitrogen and oxygen atoms in total. The fourth-order valence-electron chi connectivity index (χ4n) is 6.85. The van der Waals surface area contributed by atoms with Gasteiger partial charge in [0.05, 0.1) is 0 Å². The van der Waals surface area contributed by atoms with Crippen molar-refractivity contribution in [2.75, 3.05) is 0 Å². The Kier molecular flexibility index (Phi) is 10.3. The SMILES string of the molecule is CCc1ccccc1P(c1ccccc1CC)C1CCCCC1P(c1ccccc1CC)c1ccccc1CC. The molecule has 1 saturated carbocycles. The molecule has 0 aromatic heterocycles. The van der Waals surface area contributed by atoms with Crippen LogP contribution in [0, 0.1) is 0 Å². The Hall–Kier alpha value is -2.26. The van der Waals surface area contributed by atoms with Crippen molar-refractivity contribution < 1.29 is 0 Å². The minimum absolute atomic E-state index is 0.486. The van der Waals surface area contributed by atoms with Crippen LogP contribution in [-0.4, -0.2) is 11.3 Å². The molecule has 40 heavy (non-hydrogen) atoms. The van der Waals surface area contributed by atoms with Crippen LogP contribution in [0.5, 0.6) is 0 Å². The lowest BCUT2D eigenvalue weighted by Gasteiger charge is -2.44. The third kappa shape index (κ3) is 6.01. The molecule has 4 aromatic carbocycles. The van der Waals surface area contributed by atoms with Crippen molar-refractivity contribution in [3.05, 3.63) is 119 Å². The zero-order valence-electron chi connectivity index (χ0n) is 24.9. The molecule has 2 unspecified atom stereocenters. The number of hydrogen-bond acceptors (Lipinski definition) is 0. The van der Waals surface area contributed by atoms with Crippen LogP contribution in [0.25, 0.3) is 0 Å². The van der Waals surface area contributed by atoms with E-state index in [1.807, 2.05) is 0 Å². The van der Waals surface area contributed by atoms with Crippen LogP contribution < -0.4 is 21.2 Å². The summed E-state index contributed by atoms with van der Waals surface area (Å²) in [6.45, 7) is 9.38. The first-order valence-electron chi connectivity index (χ1n) is 15.6. The van der Waals surface area contributed by atoms with Crippen molar-refractivity contribution in [1.82, 2.24) is 0 Å². The molecule has 1 fully saturated rings. The van der Waals surface area contributed by atoms with E-state index in [1.165, 1.54) is 25.7 Å². The summed E-state index contributed by atoms with van der Waals surface area (Å²) in [5, 5.41) is 6.56. The van der Waals surface area contributed by atoms with Gasteiger partial charge in [0.2, 0.25) is 0 Å². The molecule has 1 aliphatic carbocycles. The highest BCUT2D eigenvalue weighted by atomic mass is 31.1. The zero-order chi connectivity index (χ0) is 27.9. The summed E-state index contributed by atoms with van der Waals surface area (Å²) in [6.07, 6.45) is 9.81. The van der Waals surface area contributed by atoms with Crippen LogP contribution in [0.3, 0.4) is 0 Å². The van der Waals surface area contributed by atoms with Gasteiger partial charge in [-0.15, -0.1) is 0 Å². The minimum Gasteiger partial charge on any atom is -0.0619 e. The molecule has 0 heterocycles. The third-order valence-electron chi connectivity index (χ3n) is 8.89. The summed E-state index contributed by atoms with van der Waals surface area (Å²) >= 11 is 0. The van der Waals surface area contributed by atoms with E-state index in [2.05, 4.69) is 125 Å². The van der Waals surface area contributed by atoms with E-state index in [0.29, 0.717) is 11.3 Å². The molecule has 2 heteroatoms. The van der Waals surface area contributed by atoms with Crippen LogP contribution in [0.2, 0.25) is 0 Å². The van der Waals surface area contributed by atoms with Gasteiger partial charge >= 0.3 is 0 Å². The fourth-order valence-corrected chi connectivity index (χ4v) is 14.6. The van der Waals surface area contributed by atoms with E-state index < -0.39 is 15.8 Å².